The van der Waals surface area contributed by atoms with E-state index in [0.717, 1.165) is 37.8 Å². The van der Waals surface area contributed by atoms with Crippen LogP contribution < -0.4 is 0 Å². The van der Waals surface area contributed by atoms with E-state index in [0.29, 0.717) is 12.2 Å². The van der Waals surface area contributed by atoms with Crippen LogP contribution in [0.4, 0.5) is 0 Å². The van der Waals surface area contributed by atoms with E-state index < -0.39 is 0 Å². The molecule has 0 saturated carbocycles. The van der Waals surface area contributed by atoms with Gasteiger partial charge < -0.3 is 4.74 Å². The average molecular weight is 329 g/mol. The minimum absolute atomic E-state index is 0.0817. The van der Waals surface area contributed by atoms with Gasteiger partial charge in [0.1, 0.15) is 12.2 Å². The maximum Gasteiger partial charge on any atom is 0.156 e. The molecule has 8 heteroatoms. The van der Waals surface area contributed by atoms with Gasteiger partial charge in [0.2, 0.25) is 0 Å². The Hall–Kier alpha value is -2.24. The molecule has 24 heavy (non-hydrogen) atoms. The molecule has 1 N–H and O–H groups in total. The third-order valence-electron chi connectivity index (χ3n) is 4.04. The van der Waals surface area contributed by atoms with E-state index in [4.69, 9.17) is 10.00 Å². The molecule has 1 fully saturated rings. The number of nitriles is 1. The molecule has 0 aromatic carbocycles. The molecular weight excluding hydrogens is 306 g/mol. The first-order valence-electron chi connectivity index (χ1n) is 8.15. The largest absolute Gasteiger partial charge is 0.368 e. The molecule has 1 aliphatic heterocycles. The quantitative estimate of drug-likeness (QED) is 0.907. The van der Waals surface area contributed by atoms with E-state index in [-0.39, 0.29) is 11.5 Å². The second-order valence-corrected chi connectivity index (χ2v) is 7.06. The highest BCUT2D eigenvalue weighted by Crippen LogP contribution is 2.23. The van der Waals surface area contributed by atoms with Gasteiger partial charge in [-0.05, 0) is 0 Å². The maximum atomic E-state index is 8.84. The van der Waals surface area contributed by atoms with Crippen LogP contribution in [0.2, 0.25) is 0 Å². The Kier molecular flexibility index (Phi) is 4.64. The van der Waals surface area contributed by atoms with Crippen molar-refractivity contribution in [1.29, 1.82) is 5.26 Å². The highest BCUT2D eigenvalue weighted by atomic mass is 16.5. The molecule has 8 nitrogen and oxygen atoms in total. The maximum absolute atomic E-state index is 8.84. The Balaban J connectivity index is 1.58. The number of aromatic amines is 1. The predicted molar refractivity (Wildman–Crippen MR) is 87.2 cm³/mol. The molecule has 3 heterocycles. The number of hydrogen-bond donors (Lipinski definition) is 1. The zero-order chi connectivity index (χ0) is 17.2. The van der Waals surface area contributed by atoms with Crippen LogP contribution in [0.5, 0.6) is 0 Å². The van der Waals surface area contributed by atoms with Gasteiger partial charge in [0.15, 0.2) is 11.6 Å². The zero-order valence-electron chi connectivity index (χ0n) is 14.4. The second-order valence-electron chi connectivity index (χ2n) is 7.06. The summed E-state index contributed by atoms with van der Waals surface area (Å²) in [6.07, 6.45) is 3.27. The summed E-state index contributed by atoms with van der Waals surface area (Å²) in [5.41, 5.74) is 0.507. The van der Waals surface area contributed by atoms with E-state index in [1.54, 1.807) is 17.1 Å². The number of nitrogens with one attached hydrogen (secondary N) is 1. The number of ether oxygens (including phenoxy) is 1. The number of hydrogen-bond acceptors (Lipinski definition) is 6. The van der Waals surface area contributed by atoms with Crippen LogP contribution in [0.3, 0.4) is 0 Å². The summed E-state index contributed by atoms with van der Waals surface area (Å²) in [6, 6.07) is 2.09. The van der Waals surface area contributed by atoms with Crippen molar-refractivity contribution >= 4 is 0 Å². The van der Waals surface area contributed by atoms with Crippen molar-refractivity contribution in [2.24, 2.45) is 0 Å². The van der Waals surface area contributed by atoms with E-state index in [1.165, 1.54) is 0 Å². The molecule has 0 radical (unpaired) electrons. The normalized spacial score (nSPS) is 19.3. The molecule has 0 spiro atoms. The molecule has 2 aromatic heterocycles. The molecule has 0 bridgehead atoms. The first kappa shape index (κ1) is 16.6. The van der Waals surface area contributed by atoms with Gasteiger partial charge in [0, 0.05) is 31.2 Å². The van der Waals surface area contributed by atoms with Crippen LogP contribution in [0.25, 0.3) is 0 Å². The molecule has 0 aliphatic carbocycles. The van der Waals surface area contributed by atoms with E-state index in [2.05, 4.69) is 52.0 Å². The number of rotatable bonds is 4. The topological polar surface area (TPSA) is 95.7 Å². The minimum atomic E-state index is -0.0883. The summed E-state index contributed by atoms with van der Waals surface area (Å²) in [7, 11) is 0. The van der Waals surface area contributed by atoms with Gasteiger partial charge in [0.25, 0.3) is 0 Å². The molecule has 1 aliphatic rings. The summed E-state index contributed by atoms with van der Waals surface area (Å²) in [5.74, 6) is 1.59. The fraction of sp³-hybridized carbons (Fsp3) is 0.625. The predicted octanol–water partition coefficient (Wildman–Crippen LogP) is 1.24. The lowest BCUT2D eigenvalue weighted by Crippen LogP contribution is -2.40. The van der Waals surface area contributed by atoms with Crippen molar-refractivity contribution in [3.05, 3.63) is 29.6 Å². The fourth-order valence-electron chi connectivity index (χ4n) is 2.61. The lowest BCUT2D eigenvalue weighted by molar-refractivity contribution is -0.0352. The van der Waals surface area contributed by atoms with Gasteiger partial charge in [-0.3, -0.25) is 14.7 Å². The van der Waals surface area contributed by atoms with Crippen LogP contribution in [0, 0.1) is 11.3 Å². The van der Waals surface area contributed by atoms with Crippen molar-refractivity contribution in [3.8, 4) is 6.07 Å². The van der Waals surface area contributed by atoms with Crippen LogP contribution in [0.15, 0.2) is 12.4 Å². The summed E-state index contributed by atoms with van der Waals surface area (Å²) in [5, 5.41) is 20.4. The van der Waals surface area contributed by atoms with Crippen LogP contribution >= 0.6 is 0 Å². The third kappa shape index (κ3) is 3.80. The van der Waals surface area contributed by atoms with E-state index in [9.17, 15) is 0 Å². The van der Waals surface area contributed by atoms with Gasteiger partial charge in [-0.15, -0.1) is 0 Å². The van der Waals surface area contributed by atoms with Gasteiger partial charge in [-0.25, -0.2) is 4.98 Å². The lowest BCUT2D eigenvalue weighted by atomic mass is 9.96. The molecule has 1 unspecified atom stereocenters. The summed E-state index contributed by atoms with van der Waals surface area (Å²) < 4.78 is 7.65. The van der Waals surface area contributed by atoms with Gasteiger partial charge in [-0.2, -0.15) is 15.5 Å². The van der Waals surface area contributed by atoms with E-state index >= 15 is 0 Å². The van der Waals surface area contributed by atoms with Crippen molar-refractivity contribution in [1.82, 2.24) is 29.9 Å². The molecular formula is C16H23N7O. The first-order chi connectivity index (χ1) is 11.5. The molecule has 1 saturated heterocycles. The molecule has 3 rings (SSSR count). The Bertz CT molecular complexity index is 721. The highest BCUT2D eigenvalue weighted by Gasteiger charge is 2.27. The molecule has 2 aromatic rings. The Morgan fingerprint density at radius 2 is 2.25 bits per heavy atom. The van der Waals surface area contributed by atoms with Crippen molar-refractivity contribution in [2.75, 3.05) is 26.2 Å². The molecule has 1 atom stereocenters. The van der Waals surface area contributed by atoms with Crippen molar-refractivity contribution < 1.29 is 4.74 Å². The fourth-order valence-corrected chi connectivity index (χ4v) is 2.61. The minimum Gasteiger partial charge on any atom is -0.368 e. The summed E-state index contributed by atoms with van der Waals surface area (Å²) in [6.45, 7) is 10.2. The molecule has 0 amide bonds. The SMILES string of the molecule is CC(C)(C)c1n[nH]c(C2CN(CCn3cc(C#N)cn3)CCO2)n1. The number of H-pyrrole nitrogens is 1. The first-order valence-corrected chi connectivity index (χ1v) is 8.15. The van der Waals surface area contributed by atoms with Gasteiger partial charge >= 0.3 is 0 Å². The number of nitrogens with zero attached hydrogens (tertiary/aromatic N) is 6. The summed E-state index contributed by atoms with van der Waals surface area (Å²) >= 11 is 0. The standard InChI is InChI=1S/C16H23N7O/c1-16(2,3)15-19-14(20-21-15)13-11-22(6-7-24-13)4-5-23-10-12(8-17)9-18-23/h9-10,13H,4-7,11H2,1-3H3,(H,19,20,21). The Morgan fingerprint density at radius 3 is 2.92 bits per heavy atom. The Morgan fingerprint density at radius 1 is 1.42 bits per heavy atom. The monoisotopic (exact) mass is 329 g/mol. The Labute approximate surface area is 141 Å². The van der Waals surface area contributed by atoms with Crippen LogP contribution in [-0.4, -0.2) is 56.1 Å². The molecule has 128 valence electrons. The summed E-state index contributed by atoms with van der Waals surface area (Å²) in [4.78, 5) is 6.92. The van der Waals surface area contributed by atoms with Crippen LogP contribution in [-0.2, 0) is 16.7 Å². The van der Waals surface area contributed by atoms with Gasteiger partial charge in [-0.1, -0.05) is 20.8 Å². The number of morpholine rings is 1. The highest BCUT2D eigenvalue weighted by molar-refractivity contribution is 5.21. The average Bonchev–Trinajstić information content (AvgIpc) is 3.22. The van der Waals surface area contributed by atoms with E-state index in [1.807, 2.05) is 0 Å². The second kappa shape index (κ2) is 6.71. The zero-order valence-corrected chi connectivity index (χ0v) is 14.4. The van der Waals surface area contributed by atoms with Gasteiger partial charge in [0.05, 0.1) is 24.9 Å². The van der Waals surface area contributed by atoms with Crippen molar-refractivity contribution in [2.45, 2.75) is 38.8 Å². The van der Waals surface area contributed by atoms with Crippen molar-refractivity contribution in [3.63, 3.8) is 0 Å². The number of aromatic nitrogens is 5. The third-order valence-corrected chi connectivity index (χ3v) is 4.04. The smallest absolute Gasteiger partial charge is 0.156 e. The lowest BCUT2D eigenvalue weighted by Gasteiger charge is -2.31. The van der Waals surface area contributed by atoms with Crippen LogP contribution in [0.1, 0.15) is 44.1 Å².